The second-order valence-electron chi connectivity index (χ2n) is 6.35. The highest BCUT2D eigenvalue weighted by Crippen LogP contribution is 2.17. The Bertz CT molecular complexity index is 918. The topological polar surface area (TPSA) is 111 Å². The van der Waals surface area contributed by atoms with Crippen LogP contribution in [0.25, 0.3) is 0 Å². The standard InChI is InChI=1S/C21H22N2O7/c1-23(2)17-7-5-13(6-8-17)21(27)30-12-18(24)22-16-10-14(19(25)28-3)9-15(11-16)20(26)29-4/h5-11H,12H2,1-4H3,(H,22,24). The molecule has 0 aliphatic rings. The van der Waals surface area contributed by atoms with E-state index in [-0.39, 0.29) is 16.8 Å². The van der Waals surface area contributed by atoms with E-state index < -0.39 is 30.4 Å². The van der Waals surface area contributed by atoms with Crippen LogP contribution in [0.5, 0.6) is 0 Å². The number of amides is 1. The Morgan fingerprint density at radius 3 is 1.80 bits per heavy atom. The van der Waals surface area contributed by atoms with Crippen molar-refractivity contribution in [1.29, 1.82) is 0 Å². The predicted octanol–water partition coefficient (Wildman–Crippen LogP) is 2.12. The van der Waals surface area contributed by atoms with Crippen LogP contribution in [0.4, 0.5) is 11.4 Å². The van der Waals surface area contributed by atoms with Gasteiger partial charge in [-0.15, -0.1) is 0 Å². The number of nitrogens with one attached hydrogen (secondary N) is 1. The monoisotopic (exact) mass is 414 g/mol. The summed E-state index contributed by atoms with van der Waals surface area (Å²) in [5.41, 5.74) is 1.46. The molecule has 0 saturated heterocycles. The summed E-state index contributed by atoms with van der Waals surface area (Å²) in [6.07, 6.45) is 0. The Balaban J connectivity index is 2.05. The minimum atomic E-state index is -0.691. The molecular weight excluding hydrogens is 392 g/mol. The molecule has 0 saturated carbocycles. The number of hydrogen-bond donors (Lipinski definition) is 1. The zero-order valence-electron chi connectivity index (χ0n) is 17.1. The number of nitrogens with zero attached hydrogens (tertiary/aromatic N) is 1. The third-order valence-electron chi connectivity index (χ3n) is 4.01. The normalized spacial score (nSPS) is 10.0. The highest BCUT2D eigenvalue weighted by molar-refractivity contribution is 6.00. The number of carbonyl (C=O) groups excluding carboxylic acids is 4. The van der Waals surface area contributed by atoms with Crippen LogP contribution in [0.2, 0.25) is 0 Å². The summed E-state index contributed by atoms with van der Waals surface area (Å²) in [5, 5.41) is 2.47. The summed E-state index contributed by atoms with van der Waals surface area (Å²) in [7, 11) is 6.13. The van der Waals surface area contributed by atoms with Crippen LogP contribution in [0.3, 0.4) is 0 Å². The van der Waals surface area contributed by atoms with Gasteiger partial charge in [0.05, 0.1) is 30.9 Å². The first-order chi connectivity index (χ1) is 14.2. The van der Waals surface area contributed by atoms with Crippen molar-refractivity contribution >= 4 is 35.2 Å². The van der Waals surface area contributed by atoms with Gasteiger partial charge in [-0.05, 0) is 42.5 Å². The molecule has 0 unspecified atom stereocenters. The van der Waals surface area contributed by atoms with E-state index in [2.05, 4.69) is 14.8 Å². The van der Waals surface area contributed by atoms with E-state index in [1.165, 1.54) is 32.4 Å². The SMILES string of the molecule is COC(=O)c1cc(NC(=O)COC(=O)c2ccc(N(C)C)cc2)cc(C(=O)OC)c1. The highest BCUT2D eigenvalue weighted by atomic mass is 16.5. The summed E-state index contributed by atoms with van der Waals surface area (Å²) >= 11 is 0. The Labute approximate surface area is 173 Å². The number of esters is 3. The van der Waals surface area contributed by atoms with E-state index in [0.717, 1.165) is 5.69 Å². The lowest BCUT2D eigenvalue weighted by molar-refractivity contribution is -0.119. The molecule has 2 rings (SSSR count). The van der Waals surface area contributed by atoms with E-state index in [1.807, 2.05) is 19.0 Å². The third-order valence-corrected chi connectivity index (χ3v) is 4.01. The molecule has 158 valence electrons. The van der Waals surface area contributed by atoms with Gasteiger partial charge in [0.15, 0.2) is 6.61 Å². The highest BCUT2D eigenvalue weighted by Gasteiger charge is 2.16. The Hall–Kier alpha value is -3.88. The van der Waals surface area contributed by atoms with Gasteiger partial charge in [-0.25, -0.2) is 14.4 Å². The van der Waals surface area contributed by atoms with Crippen LogP contribution in [-0.4, -0.2) is 58.7 Å². The lowest BCUT2D eigenvalue weighted by Crippen LogP contribution is -2.21. The smallest absolute Gasteiger partial charge is 0.338 e. The Kier molecular flexibility index (Phi) is 7.51. The lowest BCUT2D eigenvalue weighted by atomic mass is 10.1. The maximum atomic E-state index is 12.2. The molecule has 0 heterocycles. The molecule has 0 aliphatic heterocycles. The fourth-order valence-corrected chi connectivity index (χ4v) is 2.48. The molecule has 30 heavy (non-hydrogen) atoms. The number of ether oxygens (including phenoxy) is 3. The molecule has 0 spiro atoms. The van der Waals surface area contributed by atoms with Crippen molar-refractivity contribution < 1.29 is 33.4 Å². The van der Waals surface area contributed by atoms with Gasteiger partial charge in [0, 0.05) is 25.5 Å². The van der Waals surface area contributed by atoms with Gasteiger partial charge >= 0.3 is 17.9 Å². The van der Waals surface area contributed by atoms with Gasteiger partial charge in [-0.1, -0.05) is 0 Å². The van der Waals surface area contributed by atoms with Crippen molar-refractivity contribution in [3.05, 3.63) is 59.2 Å². The number of rotatable bonds is 7. The lowest BCUT2D eigenvalue weighted by Gasteiger charge is -2.12. The van der Waals surface area contributed by atoms with Crippen LogP contribution in [0.1, 0.15) is 31.1 Å². The van der Waals surface area contributed by atoms with Crippen molar-refractivity contribution in [3.8, 4) is 0 Å². The molecule has 0 atom stereocenters. The van der Waals surface area contributed by atoms with Crippen molar-refractivity contribution in [2.45, 2.75) is 0 Å². The summed E-state index contributed by atoms with van der Waals surface area (Å²) in [5.74, 6) is -2.69. The molecule has 2 aromatic carbocycles. The quantitative estimate of drug-likeness (QED) is 0.542. The van der Waals surface area contributed by atoms with Gasteiger partial charge in [0.25, 0.3) is 5.91 Å². The number of hydrogen-bond acceptors (Lipinski definition) is 8. The second kappa shape index (κ2) is 10.1. The first kappa shape index (κ1) is 22.4. The van der Waals surface area contributed by atoms with Gasteiger partial charge in [0.2, 0.25) is 0 Å². The van der Waals surface area contributed by atoms with Crippen molar-refractivity contribution in [1.82, 2.24) is 0 Å². The first-order valence-electron chi connectivity index (χ1n) is 8.81. The van der Waals surface area contributed by atoms with Gasteiger partial charge in [-0.2, -0.15) is 0 Å². The fourth-order valence-electron chi connectivity index (χ4n) is 2.48. The minimum Gasteiger partial charge on any atom is -0.465 e. The van der Waals surface area contributed by atoms with Crippen LogP contribution >= 0.6 is 0 Å². The largest absolute Gasteiger partial charge is 0.465 e. The molecule has 0 bridgehead atoms. The Morgan fingerprint density at radius 2 is 1.33 bits per heavy atom. The summed E-state index contributed by atoms with van der Waals surface area (Å²) in [6, 6.07) is 10.6. The average molecular weight is 414 g/mol. The van der Waals surface area contributed by atoms with E-state index in [9.17, 15) is 19.2 Å². The predicted molar refractivity (Wildman–Crippen MR) is 109 cm³/mol. The Morgan fingerprint density at radius 1 is 0.800 bits per heavy atom. The molecular formula is C21H22N2O7. The number of carbonyl (C=O) groups is 4. The molecule has 0 radical (unpaired) electrons. The molecule has 0 aromatic heterocycles. The van der Waals surface area contributed by atoms with E-state index in [0.29, 0.717) is 5.56 Å². The number of methoxy groups -OCH3 is 2. The molecule has 1 N–H and O–H groups in total. The maximum absolute atomic E-state index is 12.2. The van der Waals surface area contributed by atoms with Crippen molar-refractivity contribution in [3.63, 3.8) is 0 Å². The molecule has 9 heteroatoms. The molecule has 1 amide bonds. The van der Waals surface area contributed by atoms with Crippen molar-refractivity contribution in [2.24, 2.45) is 0 Å². The van der Waals surface area contributed by atoms with Gasteiger partial charge in [0.1, 0.15) is 0 Å². The zero-order chi connectivity index (χ0) is 22.3. The van der Waals surface area contributed by atoms with Crippen LogP contribution in [0.15, 0.2) is 42.5 Å². The molecule has 0 aliphatic carbocycles. The second-order valence-corrected chi connectivity index (χ2v) is 6.35. The fraction of sp³-hybridized carbons (Fsp3) is 0.238. The first-order valence-corrected chi connectivity index (χ1v) is 8.81. The minimum absolute atomic E-state index is 0.0497. The van der Waals surface area contributed by atoms with Crippen LogP contribution < -0.4 is 10.2 Å². The van der Waals surface area contributed by atoms with E-state index in [4.69, 9.17) is 4.74 Å². The van der Waals surface area contributed by atoms with E-state index >= 15 is 0 Å². The summed E-state index contributed by atoms with van der Waals surface area (Å²) < 4.78 is 14.3. The molecule has 2 aromatic rings. The van der Waals surface area contributed by atoms with Gasteiger partial charge in [-0.3, -0.25) is 4.79 Å². The number of anilines is 2. The maximum Gasteiger partial charge on any atom is 0.338 e. The third kappa shape index (κ3) is 5.81. The van der Waals surface area contributed by atoms with Crippen molar-refractivity contribution in [2.75, 3.05) is 45.1 Å². The molecule has 9 nitrogen and oxygen atoms in total. The zero-order valence-corrected chi connectivity index (χ0v) is 17.1. The van der Waals surface area contributed by atoms with Crippen LogP contribution in [-0.2, 0) is 19.0 Å². The van der Waals surface area contributed by atoms with E-state index in [1.54, 1.807) is 24.3 Å². The summed E-state index contributed by atoms with van der Waals surface area (Å²) in [6.45, 7) is -0.551. The van der Waals surface area contributed by atoms with Gasteiger partial charge < -0.3 is 24.4 Å². The summed E-state index contributed by atoms with van der Waals surface area (Å²) in [4.78, 5) is 49.7. The van der Waals surface area contributed by atoms with Crippen LogP contribution in [0, 0.1) is 0 Å². The number of benzene rings is 2. The molecule has 0 fully saturated rings. The average Bonchev–Trinajstić information content (AvgIpc) is 2.76.